The van der Waals surface area contributed by atoms with E-state index in [-0.39, 0.29) is 6.03 Å². The summed E-state index contributed by atoms with van der Waals surface area (Å²) in [5, 5.41) is 3.09. The summed E-state index contributed by atoms with van der Waals surface area (Å²) in [6.07, 6.45) is 4.51. The lowest BCUT2D eigenvalue weighted by atomic mass is 9.99. The van der Waals surface area contributed by atoms with Crippen molar-refractivity contribution in [3.8, 4) is 11.5 Å². The Labute approximate surface area is 171 Å². The zero-order valence-corrected chi connectivity index (χ0v) is 17.2. The molecule has 0 saturated carbocycles. The zero-order valence-electron chi connectivity index (χ0n) is 17.2. The van der Waals surface area contributed by atoms with Gasteiger partial charge in [-0.05, 0) is 42.2 Å². The molecule has 2 aliphatic heterocycles. The standard InChI is InChI=1S/C22H29N3O4/c1-27-20-12-16-5-9-24(14-18(16)13-21(20)28-2)10-7-23-22(26)25-8-3-4-19-17(15-25)6-11-29-19/h6,11-13H,3-5,7-10,14-15H2,1-2H3,(H,23,26). The number of carbonyl (C=O) groups excluding carboxylic acids is 1. The molecule has 4 rings (SSSR count). The first-order chi connectivity index (χ1) is 14.2. The lowest BCUT2D eigenvalue weighted by Gasteiger charge is -2.30. The molecule has 1 aromatic heterocycles. The number of methoxy groups -OCH3 is 2. The molecule has 0 radical (unpaired) electrons. The SMILES string of the molecule is COc1cc2c(cc1OC)CN(CCNC(=O)N1CCCc3occc3C1)CC2. The van der Waals surface area contributed by atoms with Gasteiger partial charge in [-0.1, -0.05) is 0 Å². The van der Waals surface area contributed by atoms with Crippen molar-refractivity contribution in [1.82, 2.24) is 15.1 Å². The number of nitrogens with zero attached hydrogens (tertiary/aromatic N) is 2. The summed E-state index contributed by atoms with van der Waals surface area (Å²) in [5.74, 6) is 2.56. The highest BCUT2D eigenvalue weighted by molar-refractivity contribution is 5.74. The molecule has 0 atom stereocenters. The Morgan fingerprint density at radius 2 is 1.86 bits per heavy atom. The molecule has 2 aromatic rings. The van der Waals surface area contributed by atoms with Crippen LogP contribution in [0.3, 0.4) is 0 Å². The monoisotopic (exact) mass is 399 g/mol. The van der Waals surface area contributed by atoms with Crippen molar-refractivity contribution in [1.29, 1.82) is 0 Å². The first kappa shape index (κ1) is 19.6. The number of ether oxygens (including phenoxy) is 2. The van der Waals surface area contributed by atoms with Gasteiger partial charge in [0.1, 0.15) is 5.76 Å². The van der Waals surface area contributed by atoms with E-state index in [1.165, 1.54) is 11.1 Å². The van der Waals surface area contributed by atoms with E-state index in [9.17, 15) is 4.79 Å². The van der Waals surface area contributed by atoms with Gasteiger partial charge >= 0.3 is 6.03 Å². The minimum Gasteiger partial charge on any atom is -0.493 e. The number of nitrogens with one attached hydrogen (secondary N) is 1. The molecule has 0 saturated heterocycles. The molecule has 0 spiro atoms. The highest BCUT2D eigenvalue weighted by atomic mass is 16.5. The second-order valence-electron chi connectivity index (χ2n) is 7.63. The number of aryl methyl sites for hydroxylation is 1. The lowest BCUT2D eigenvalue weighted by Crippen LogP contribution is -2.43. The molecule has 7 heteroatoms. The second kappa shape index (κ2) is 8.78. The van der Waals surface area contributed by atoms with Crippen molar-refractivity contribution in [2.75, 3.05) is 40.4 Å². The normalized spacial score (nSPS) is 16.6. The third-order valence-corrected chi connectivity index (χ3v) is 5.82. The van der Waals surface area contributed by atoms with Gasteiger partial charge < -0.3 is 24.1 Å². The Morgan fingerprint density at radius 1 is 1.07 bits per heavy atom. The summed E-state index contributed by atoms with van der Waals surface area (Å²) < 4.78 is 16.3. The zero-order chi connectivity index (χ0) is 20.2. The molecule has 156 valence electrons. The lowest BCUT2D eigenvalue weighted by molar-refractivity contribution is 0.191. The molecule has 0 unspecified atom stereocenters. The number of fused-ring (bicyclic) bond motifs is 2. The number of urea groups is 1. The smallest absolute Gasteiger partial charge is 0.317 e. The molecule has 2 aliphatic rings. The fourth-order valence-electron chi connectivity index (χ4n) is 4.18. The predicted octanol–water partition coefficient (Wildman–Crippen LogP) is 2.81. The summed E-state index contributed by atoms with van der Waals surface area (Å²) in [6, 6.07) is 6.12. The molecule has 1 aromatic carbocycles. The molecule has 7 nitrogen and oxygen atoms in total. The van der Waals surface area contributed by atoms with Gasteiger partial charge in [0.25, 0.3) is 0 Å². The number of rotatable bonds is 5. The van der Waals surface area contributed by atoms with Crippen LogP contribution in [0.15, 0.2) is 28.9 Å². The second-order valence-corrected chi connectivity index (χ2v) is 7.63. The van der Waals surface area contributed by atoms with Crippen LogP contribution < -0.4 is 14.8 Å². The first-order valence-corrected chi connectivity index (χ1v) is 10.2. The van der Waals surface area contributed by atoms with E-state index in [1.54, 1.807) is 20.5 Å². The highest BCUT2D eigenvalue weighted by Gasteiger charge is 2.22. The van der Waals surface area contributed by atoms with Gasteiger partial charge in [-0.25, -0.2) is 4.79 Å². The predicted molar refractivity (Wildman–Crippen MR) is 109 cm³/mol. The minimum absolute atomic E-state index is 0.00265. The first-order valence-electron chi connectivity index (χ1n) is 10.2. The van der Waals surface area contributed by atoms with Gasteiger partial charge in [0.05, 0.1) is 27.0 Å². The van der Waals surface area contributed by atoms with E-state index in [0.29, 0.717) is 13.1 Å². The molecular formula is C22H29N3O4. The van der Waals surface area contributed by atoms with Crippen molar-refractivity contribution < 1.29 is 18.7 Å². The van der Waals surface area contributed by atoms with Crippen LogP contribution in [0.2, 0.25) is 0 Å². The number of carbonyl (C=O) groups is 1. The summed E-state index contributed by atoms with van der Waals surface area (Å²) in [7, 11) is 3.33. The van der Waals surface area contributed by atoms with Crippen molar-refractivity contribution in [3.05, 3.63) is 46.9 Å². The average molecular weight is 399 g/mol. The van der Waals surface area contributed by atoms with E-state index in [0.717, 1.165) is 68.3 Å². The Balaban J connectivity index is 1.29. The van der Waals surface area contributed by atoms with E-state index in [1.807, 2.05) is 11.0 Å². The fourth-order valence-corrected chi connectivity index (χ4v) is 4.18. The number of amides is 2. The van der Waals surface area contributed by atoms with Crippen molar-refractivity contribution >= 4 is 6.03 Å². The van der Waals surface area contributed by atoms with Crippen LogP contribution in [0, 0.1) is 0 Å². The number of furan rings is 1. The molecule has 2 amide bonds. The fraction of sp³-hybridized carbons (Fsp3) is 0.500. The number of benzene rings is 1. The van der Waals surface area contributed by atoms with Gasteiger partial charge in [0, 0.05) is 44.7 Å². The largest absolute Gasteiger partial charge is 0.493 e. The molecule has 0 bridgehead atoms. The van der Waals surface area contributed by atoms with Gasteiger partial charge in [0.2, 0.25) is 0 Å². The van der Waals surface area contributed by atoms with Crippen LogP contribution in [-0.4, -0.2) is 56.2 Å². The summed E-state index contributed by atoms with van der Waals surface area (Å²) in [6.45, 7) is 4.67. The number of hydrogen-bond acceptors (Lipinski definition) is 5. The van der Waals surface area contributed by atoms with Crippen LogP contribution in [0.5, 0.6) is 11.5 Å². The third kappa shape index (κ3) is 4.34. The van der Waals surface area contributed by atoms with Crippen molar-refractivity contribution in [2.24, 2.45) is 0 Å². The van der Waals surface area contributed by atoms with Crippen LogP contribution in [0.25, 0.3) is 0 Å². The van der Waals surface area contributed by atoms with Gasteiger partial charge in [-0.15, -0.1) is 0 Å². The van der Waals surface area contributed by atoms with E-state index >= 15 is 0 Å². The van der Waals surface area contributed by atoms with Gasteiger partial charge in [-0.2, -0.15) is 0 Å². The van der Waals surface area contributed by atoms with Crippen LogP contribution in [0.4, 0.5) is 4.79 Å². The van der Waals surface area contributed by atoms with E-state index in [2.05, 4.69) is 22.3 Å². The van der Waals surface area contributed by atoms with Gasteiger partial charge in [0.15, 0.2) is 11.5 Å². The van der Waals surface area contributed by atoms with Crippen molar-refractivity contribution in [3.63, 3.8) is 0 Å². The minimum atomic E-state index is 0.00265. The Kier molecular flexibility index (Phi) is 5.94. The Hall–Kier alpha value is -2.67. The van der Waals surface area contributed by atoms with E-state index < -0.39 is 0 Å². The third-order valence-electron chi connectivity index (χ3n) is 5.82. The Morgan fingerprint density at radius 3 is 2.66 bits per heavy atom. The van der Waals surface area contributed by atoms with E-state index in [4.69, 9.17) is 13.9 Å². The van der Waals surface area contributed by atoms with Crippen molar-refractivity contribution in [2.45, 2.75) is 32.4 Å². The maximum absolute atomic E-state index is 12.6. The number of hydrogen-bond donors (Lipinski definition) is 1. The molecule has 3 heterocycles. The summed E-state index contributed by atoms with van der Waals surface area (Å²) in [5.41, 5.74) is 3.69. The topological polar surface area (TPSA) is 67.2 Å². The van der Waals surface area contributed by atoms with Gasteiger partial charge in [-0.3, -0.25) is 4.90 Å². The highest BCUT2D eigenvalue weighted by Crippen LogP contribution is 2.33. The maximum atomic E-state index is 12.6. The molecule has 0 aliphatic carbocycles. The van der Waals surface area contributed by atoms with Crippen LogP contribution >= 0.6 is 0 Å². The molecule has 1 N–H and O–H groups in total. The average Bonchev–Trinajstić information content (AvgIpc) is 3.08. The molecular weight excluding hydrogens is 370 g/mol. The van der Waals surface area contributed by atoms with Crippen LogP contribution in [0.1, 0.15) is 28.9 Å². The molecule has 0 fully saturated rings. The van der Waals surface area contributed by atoms with Crippen LogP contribution in [-0.2, 0) is 25.9 Å². The summed E-state index contributed by atoms with van der Waals surface area (Å²) >= 11 is 0. The maximum Gasteiger partial charge on any atom is 0.317 e. The Bertz CT molecular complexity index is 864. The quantitative estimate of drug-likeness (QED) is 0.838. The summed E-state index contributed by atoms with van der Waals surface area (Å²) in [4.78, 5) is 16.9. The molecule has 29 heavy (non-hydrogen) atoms.